The molecule has 0 fully saturated rings. The summed E-state index contributed by atoms with van der Waals surface area (Å²) >= 11 is 0. The first-order chi connectivity index (χ1) is 10.1. The highest BCUT2D eigenvalue weighted by Crippen LogP contribution is 2.18. The molecule has 0 bridgehead atoms. The fourth-order valence-electron chi connectivity index (χ4n) is 2.32. The van der Waals surface area contributed by atoms with Gasteiger partial charge in [0.05, 0.1) is 6.54 Å². The number of carboxylic acid groups (broad SMARTS) is 1. The van der Waals surface area contributed by atoms with Crippen LogP contribution in [0.15, 0.2) is 40.8 Å². The summed E-state index contributed by atoms with van der Waals surface area (Å²) in [7, 11) is 0. The predicted octanol–water partition coefficient (Wildman–Crippen LogP) is 3.57. The Morgan fingerprint density at radius 3 is 2.67 bits per heavy atom. The van der Waals surface area contributed by atoms with Crippen LogP contribution in [0.3, 0.4) is 0 Å². The lowest BCUT2D eigenvalue weighted by atomic mass is 9.98. The Morgan fingerprint density at radius 1 is 1.33 bits per heavy atom. The third kappa shape index (κ3) is 4.20. The maximum atomic E-state index is 10.9. The number of carbonyl (C=O) groups is 1. The van der Waals surface area contributed by atoms with Crippen molar-refractivity contribution in [3.05, 3.63) is 59.0 Å². The van der Waals surface area contributed by atoms with E-state index in [9.17, 15) is 4.79 Å². The lowest BCUT2D eigenvalue weighted by Gasteiger charge is -2.11. The summed E-state index contributed by atoms with van der Waals surface area (Å²) < 4.78 is 5.42. The van der Waals surface area contributed by atoms with E-state index in [-0.39, 0.29) is 5.56 Å². The monoisotopic (exact) mass is 287 g/mol. The Kier molecular flexibility index (Phi) is 5.17. The molecule has 0 amide bonds. The third-order valence-corrected chi connectivity index (χ3v) is 3.62. The lowest BCUT2D eigenvalue weighted by molar-refractivity contribution is 0.0695. The molecule has 21 heavy (non-hydrogen) atoms. The maximum Gasteiger partial charge on any atom is 0.339 e. The second kappa shape index (κ2) is 7.09. The van der Waals surface area contributed by atoms with Gasteiger partial charge in [0.2, 0.25) is 0 Å². The molecule has 0 aliphatic heterocycles. The Balaban J connectivity index is 1.77. The number of aryl methyl sites for hydroxylation is 1. The minimum Gasteiger partial charge on any atom is -0.478 e. The van der Waals surface area contributed by atoms with Gasteiger partial charge in [0.1, 0.15) is 17.1 Å². The fraction of sp³-hybridized carbons (Fsp3) is 0.353. The van der Waals surface area contributed by atoms with Crippen molar-refractivity contribution >= 4 is 5.97 Å². The van der Waals surface area contributed by atoms with E-state index in [0.29, 0.717) is 24.0 Å². The standard InChI is InChI=1S/C17H21NO3/c1-12(14-6-4-3-5-7-14)8-9-18-11-15-10-16(17(19)20)13(2)21-15/h3-7,10,12,18H,8-9,11H2,1-2H3,(H,19,20). The minimum atomic E-state index is -0.944. The minimum absolute atomic E-state index is 0.240. The summed E-state index contributed by atoms with van der Waals surface area (Å²) in [6, 6.07) is 12.0. The SMILES string of the molecule is Cc1oc(CNCCC(C)c2ccccc2)cc1C(=O)O. The van der Waals surface area contributed by atoms with E-state index in [1.165, 1.54) is 5.56 Å². The van der Waals surface area contributed by atoms with Crippen LogP contribution in [0.2, 0.25) is 0 Å². The van der Waals surface area contributed by atoms with Crippen molar-refractivity contribution in [3.63, 3.8) is 0 Å². The van der Waals surface area contributed by atoms with Gasteiger partial charge < -0.3 is 14.8 Å². The van der Waals surface area contributed by atoms with E-state index in [2.05, 4.69) is 36.5 Å². The van der Waals surface area contributed by atoms with Gasteiger partial charge in [0.15, 0.2) is 0 Å². The van der Waals surface area contributed by atoms with Crippen molar-refractivity contribution < 1.29 is 14.3 Å². The lowest BCUT2D eigenvalue weighted by Crippen LogP contribution is -2.16. The largest absolute Gasteiger partial charge is 0.478 e. The smallest absolute Gasteiger partial charge is 0.339 e. The predicted molar refractivity (Wildman–Crippen MR) is 81.6 cm³/mol. The molecule has 0 aliphatic carbocycles. The van der Waals surface area contributed by atoms with Gasteiger partial charge in [-0.3, -0.25) is 0 Å². The summed E-state index contributed by atoms with van der Waals surface area (Å²) in [5, 5.41) is 12.3. The highest BCUT2D eigenvalue weighted by molar-refractivity contribution is 5.88. The highest BCUT2D eigenvalue weighted by Gasteiger charge is 2.13. The number of carboxylic acids is 1. The first kappa shape index (κ1) is 15.3. The molecule has 1 unspecified atom stereocenters. The van der Waals surface area contributed by atoms with Crippen LogP contribution in [0, 0.1) is 6.92 Å². The molecule has 1 heterocycles. The number of rotatable bonds is 7. The molecule has 4 heteroatoms. The molecule has 0 aliphatic rings. The van der Waals surface area contributed by atoms with Crippen LogP contribution < -0.4 is 5.32 Å². The first-order valence-corrected chi connectivity index (χ1v) is 7.16. The number of furan rings is 1. The molecule has 4 nitrogen and oxygen atoms in total. The molecule has 112 valence electrons. The summed E-state index contributed by atoms with van der Waals surface area (Å²) in [6.07, 6.45) is 1.02. The average Bonchev–Trinajstić information content (AvgIpc) is 2.85. The molecule has 2 rings (SSSR count). The third-order valence-electron chi connectivity index (χ3n) is 3.62. The van der Waals surface area contributed by atoms with E-state index >= 15 is 0 Å². The quantitative estimate of drug-likeness (QED) is 0.764. The molecule has 0 saturated heterocycles. The zero-order valence-electron chi connectivity index (χ0n) is 12.4. The number of nitrogens with one attached hydrogen (secondary N) is 1. The Bertz CT molecular complexity index is 589. The van der Waals surface area contributed by atoms with Crippen molar-refractivity contribution in [2.75, 3.05) is 6.54 Å². The van der Waals surface area contributed by atoms with Crippen molar-refractivity contribution in [2.45, 2.75) is 32.7 Å². The Hall–Kier alpha value is -2.07. The Morgan fingerprint density at radius 2 is 2.05 bits per heavy atom. The van der Waals surface area contributed by atoms with Gasteiger partial charge in [0, 0.05) is 0 Å². The Labute approximate surface area is 124 Å². The van der Waals surface area contributed by atoms with Crippen LogP contribution in [0.5, 0.6) is 0 Å². The van der Waals surface area contributed by atoms with E-state index < -0.39 is 5.97 Å². The number of benzene rings is 1. The normalized spacial score (nSPS) is 12.3. The molecule has 2 aromatic rings. The molecular formula is C17H21NO3. The highest BCUT2D eigenvalue weighted by atomic mass is 16.4. The van der Waals surface area contributed by atoms with Gasteiger partial charge in [-0.1, -0.05) is 37.3 Å². The summed E-state index contributed by atoms with van der Waals surface area (Å²) in [4.78, 5) is 10.9. The molecule has 0 saturated carbocycles. The van der Waals surface area contributed by atoms with Crippen LogP contribution in [0.1, 0.15) is 46.7 Å². The second-order valence-electron chi connectivity index (χ2n) is 5.26. The zero-order chi connectivity index (χ0) is 15.2. The van der Waals surface area contributed by atoms with E-state index in [0.717, 1.165) is 13.0 Å². The maximum absolute atomic E-state index is 10.9. The van der Waals surface area contributed by atoms with Crippen molar-refractivity contribution in [1.29, 1.82) is 0 Å². The summed E-state index contributed by atoms with van der Waals surface area (Å²) in [6.45, 7) is 5.29. The van der Waals surface area contributed by atoms with Crippen LogP contribution in [-0.2, 0) is 6.54 Å². The van der Waals surface area contributed by atoms with Crippen molar-refractivity contribution in [1.82, 2.24) is 5.32 Å². The molecule has 1 aromatic carbocycles. The van der Waals surface area contributed by atoms with Gasteiger partial charge in [-0.15, -0.1) is 0 Å². The first-order valence-electron chi connectivity index (χ1n) is 7.16. The van der Waals surface area contributed by atoms with E-state index in [1.807, 2.05) is 6.07 Å². The second-order valence-corrected chi connectivity index (χ2v) is 5.26. The van der Waals surface area contributed by atoms with Crippen LogP contribution in [0.4, 0.5) is 0 Å². The van der Waals surface area contributed by atoms with Crippen LogP contribution in [0.25, 0.3) is 0 Å². The van der Waals surface area contributed by atoms with Gasteiger partial charge >= 0.3 is 5.97 Å². The molecule has 1 atom stereocenters. The summed E-state index contributed by atoms with van der Waals surface area (Å²) in [5.41, 5.74) is 1.57. The van der Waals surface area contributed by atoms with E-state index in [4.69, 9.17) is 9.52 Å². The number of aromatic carboxylic acids is 1. The van der Waals surface area contributed by atoms with Gasteiger partial charge in [-0.2, -0.15) is 0 Å². The number of hydrogen-bond acceptors (Lipinski definition) is 3. The fourth-order valence-corrected chi connectivity index (χ4v) is 2.32. The van der Waals surface area contributed by atoms with Crippen LogP contribution >= 0.6 is 0 Å². The zero-order valence-corrected chi connectivity index (χ0v) is 12.4. The summed E-state index contributed by atoms with van der Waals surface area (Å²) in [5.74, 6) is 0.668. The van der Waals surface area contributed by atoms with Crippen molar-refractivity contribution in [2.24, 2.45) is 0 Å². The van der Waals surface area contributed by atoms with E-state index in [1.54, 1.807) is 13.0 Å². The van der Waals surface area contributed by atoms with Gasteiger partial charge in [-0.05, 0) is 37.4 Å². The molecule has 1 aromatic heterocycles. The average molecular weight is 287 g/mol. The van der Waals surface area contributed by atoms with Crippen LogP contribution in [-0.4, -0.2) is 17.6 Å². The molecular weight excluding hydrogens is 266 g/mol. The molecule has 0 radical (unpaired) electrons. The molecule has 0 spiro atoms. The van der Waals surface area contributed by atoms with Gasteiger partial charge in [0.25, 0.3) is 0 Å². The van der Waals surface area contributed by atoms with Gasteiger partial charge in [-0.25, -0.2) is 4.79 Å². The molecule has 2 N–H and O–H groups in total. The topological polar surface area (TPSA) is 62.5 Å². The number of hydrogen-bond donors (Lipinski definition) is 2. The van der Waals surface area contributed by atoms with Crippen molar-refractivity contribution in [3.8, 4) is 0 Å².